The van der Waals surface area contributed by atoms with Crippen molar-refractivity contribution in [3.63, 3.8) is 0 Å². The number of methoxy groups -OCH3 is 2. The zero-order valence-electron chi connectivity index (χ0n) is 33.7. The highest BCUT2D eigenvalue weighted by atomic mass is 16.5. The first-order valence-electron chi connectivity index (χ1n) is 20.1. The SMILES string of the molecule is COC(=O)N[C@H](C(=O)N1CCC[C@H]1C1=NC=C(c2cc3ccc4cc(-c5cnc([C@@H]6CCCN6C(=O)[C@@H](NC(=O)OC)C(C)C)[nH]5)cc5c(=O)c(c2)c3c45)C1)C(C)C. The number of hydrogen-bond acceptors (Lipinski definition) is 9. The molecule has 58 heavy (non-hydrogen) atoms. The van der Waals surface area contributed by atoms with Crippen LogP contribution in [0.1, 0.15) is 77.2 Å². The van der Waals surface area contributed by atoms with Crippen molar-refractivity contribution >= 4 is 67.6 Å². The highest BCUT2D eigenvalue weighted by Crippen LogP contribution is 2.40. The van der Waals surface area contributed by atoms with Crippen LogP contribution in [0.4, 0.5) is 9.59 Å². The normalized spacial score (nSPS) is 19.4. The maximum Gasteiger partial charge on any atom is 0.407 e. The number of allylic oxidation sites excluding steroid dienone is 1. The van der Waals surface area contributed by atoms with Crippen molar-refractivity contribution in [1.82, 2.24) is 30.4 Å². The summed E-state index contributed by atoms with van der Waals surface area (Å²) in [5.74, 6) is 0.0689. The average Bonchev–Trinajstić information content (AvgIpc) is 4.07. The number of ether oxygens (including phenoxy) is 2. The van der Waals surface area contributed by atoms with Gasteiger partial charge in [0.15, 0.2) is 5.43 Å². The number of alkyl carbamates (subject to hydrolysis) is 2. The Morgan fingerprint density at radius 3 is 1.88 bits per heavy atom. The third kappa shape index (κ3) is 6.77. The van der Waals surface area contributed by atoms with Gasteiger partial charge in [0.05, 0.1) is 38.2 Å². The molecule has 0 aliphatic carbocycles. The van der Waals surface area contributed by atoms with Gasteiger partial charge in [-0.3, -0.25) is 19.4 Å². The van der Waals surface area contributed by atoms with E-state index in [0.717, 1.165) is 75.3 Å². The predicted molar refractivity (Wildman–Crippen MR) is 222 cm³/mol. The maximum absolute atomic E-state index is 14.3. The van der Waals surface area contributed by atoms with Crippen LogP contribution >= 0.6 is 0 Å². The fourth-order valence-corrected chi connectivity index (χ4v) is 9.10. The topological polar surface area (TPSA) is 175 Å². The smallest absolute Gasteiger partial charge is 0.407 e. The number of nitrogens with zero attached hydrogens (tertiary/aromatic N) is 4. The predicted octanol–water partition coefficient (Wildman–Crippen LogP) is 6.37. The molecule has 3 aliphatic rings. The number of aromatic nitrogens is 2. The summed E-state index contributed by atoms with van der Waals surface area (Å²) in [5.41, 5.74) is 4.31. The van der Waals surface area contributed by atoms with Gasteiger partial charge in [-0.15, -0.1) is 0 Å². The van der Waals surface area contributed by atoms with Gasteiger partial charge in [0.1, 0.15) is 17.9 Å². The first-order chi connectivity index (χ1) is 27.9. The Hall–Kier alpha value is -6.05. The molecule has 0 saturated carbocycles. The van der Waals surface area contributed by atoms with E-state index in [0.29, 0.717) is 36.1 Å². The molecule has 0 bridgehead atoms. The summed E-state index contributed by atoms with van der Waals surface area (Å²) >= 11 is 0. The van der Waals surface area contributed by atoms with E-state index in [9.17, 15) is 24.0 Å². The largest absolute Gasteiger partial charge is 0.453 e. The number of hydrogen-bond donors (Lipinski definition) is 3. The number of carbonyl (C=O) groups excluding carboxylic acids is 4. The van der Waals surface area contributed by atoms with E-state index in [4.69, 9.17) is 19.5 Å². The van der Waals surface area contributed by atoms with Crippen LogP contribution in [-0.4, -0.2) is 94.9 Å². The zero-order valence-corrected chi connectivity index (χ0v) is 33.7. The Kier molecular flexibility index (Phi) is 10.3. The Morgan fingerprint density at radius 1 is 0.776 bits per heavy atom. The van der Waals surface area contributed by atoms with Crippen molar-refractivity contribution < 1.29 is 28.7 Å². The third-order valence-electron chi connectivity index (χ3n) is 12.1. The van der Waals surface area contributed by atoms with Crippen molar-refractivity contribution in [2.75, 3.05) is 27.3 Å². The van der Waals surface area contributed by atoms with Crippen LogP contribution in [0.15, 0.2) is 58.6 Å². The number of carbonyl (C=O) groups is 4. The Bertz CT molecular complexity index is 2540. The summed E-state index contributed by atoms with van der Waals surface area (Å²) in [7, 11) is 2.56. The highest BCUT2D eigenvalue weighted by Gasteiger charge is 2.40. The number of benzene rings is 3. The first kappa shape index (κ1) is 38.8. The minimum Gasteiger partial charge on any atom is -0.453 e. The molecule has 0 radical (unpaired) electrons. The second-order valence-corrected chi connectivity index (χ2v) is 16.4. The van der Waals surface area contributed by atoms with Crippen LogP contribution in [0.2, 0.25) is 0 Å². The quantitative estimate of drug-likeness (QED) is 0.137. The first-order valence-corrected chi connectivity index (χ1v) is 20.1. The molecule has 0 spiro atoms. The molecule has 3 N–H and O–H groups in total. The van der Waals surface area contributed by atoms with E-state index in [1.165, 1.54) is 14.2 Å². The molecular weight excluding hydrogens is 739 g/mol. The molecule has 14 nitrogen and oxygen atoms in total. The molecule has 14 heteroatoms. The van der Waals surface area contributed by atoms with Crippen LogP contribution in [0.3, 0.4) is 0 Å². The van der Waals surface area contributed by atoms with E-state index in [1.807, 2.05) is 57.0 Å². The Balaban J connectivity index is 1.04. The standard InChI is InChI=1S/C44H49N7O7/c1-22(2)37(48-43(55)57-5)41(53)50-13-7-9-33(50)31-19-28(20-45-31)26-15-24-11-12-25-16-27(18-30-36(25)35(24)29(17-26)39(30)52)32-21-46-40(47-32)34-10-8-14-51(34)42(54)38(23(3)4)49-44(56)58-6/h11-12,15-18,20-23,33-34,37-38H,7-10,13-14,19H2,1-6H3,(H,46,47)(H,48,55)(H,49,56)/t33-,34-,37-,38-/m0/s1. The fraction of sp³-hybridized carbons (Fsp3) is 0.432. The molecule has 8 rings (SSSR count). The number of likely N-dealkylation sites (tertiary alicyclic amines) is 2. The van der Waals surface area contributed by atoms with Gasteiger partial charge in [0.25, 0.3) is 0 Å². The molecule has 2 fully saturated rings. The van der Waals surface area contributed by atoms with Gasteiger partial charge in [-0.25, -0.2) is 14.6 Å². The van der Waals surface area contributed by atoms with Crippen molar-refractivity contribution in [1.29, 1.82) is 0 Å². The van der Waals surface area contributed by atoms with E-state index in [2.05, 4.69) is 33.8 Å². The minimum atomic E-state index is -0.731. The van der Waals surface area contributed by atoms with Crippen LogP contribution in [-0.2, 0) is 19.1 Å². The van der Waals surface area contributed by atoms with Gasteiger partial charge < -0.3 is 34.9 Å². The van der Waals surface area contributed by atoms with Gasteiger partial charge in [-0.2, -0.15) is 0 Å². The summed E-state index contributed by atoms with van der Waals surface area (Å²) in [6, 6.07) is 10.3. The van der Waals surface area contributed by atoms with Crippen molar-refractivity contribution in [2.24, 2.45) is 16.8 Å². The lowest BCUT2D eigenvalue weighted by Crippen LogP contribution is -2.53. The van der Waals surface area contributed by atoms with Gasteiger partial charge in [-0.05, 0) is 83.7 Å². The molecule has 4 heterocycles. The highest BCUT2D eigenvalue weighted by molar-refractivity contribution is 6.27. The number of amides is 4. The molecule has 4 atom stereocenters. The number of aromatic amines is 1. The summed E-state index contributed by atoms with van der Waals surface area (Å²) in [6.45, 7) is 8.70. The van der Waals surface area contributed by atoms with Gasteiger partial charge in [0.2, 0.25) is 11.8 Å². The molecule has 2 saturated heterocycles. The van der Waals surface area contributed by atoms with Gasteiger partial charge in [0, 0.05) is 58.5 Å². The third-order valence-corrected chi connectivity index (χ3v) is 12.1. The van der Waals surface area contributed by atoms with E-state index >= 15 is 0 Å². The molecule has 4 amide bonds. The number of H-pyrrole nitrogens is 1. The number of imidazole rings is 1. The molecule has 1 aromatic heterocycles. The van der Waals surface area contributed by atoms with Crippen molar-refractivity contribution in [3.05, 3.63) is 70.4 Å². The number of rotatable bonds is 10. The van der Waals surface area contributed by atoms with Crippen LogP contribution in [0, 0.1) is 11.8 Å². The monoisotopic (exact) mass is 787 g/mol. The van der Waals surface area contributed by atoms with E-state index in [-0.39, 0.29) is 41.2 Å². The summed E-state index contributed by atoms with van der Waals surface area (Å²) in [6.07, 6.45) is 6.03. The maximum atomic E-state index is 14.3. The molecule has 0 unspecified atom stereocenters. The van der Waals surface area contributed by atoms with Crippen molar-refractivity contribution in [2.45, 2.75) is 84.0 Å². The second kappa shape index (κ2) is 15.4. The Labute approximate surface area is 335 Å². The molecular formula is C44H49N7O7. The summed E-state index contributed by atoms with van der Waals surface area (Å²) < 4.78 is 9.56. The van der Waals surface area contributed by atoms with Crippen LogP contribution < -0.4 is 16.1 Å². The minimum absolute atomic E-state index is 0.0461. The molecule has 4 aromatic carbocycles. The molecule has 5 aromatic rings. The lowest BCUT2D eigenvalue weighted by Gasteiger charge is -2.31. The Morgan fingerprint density at radius 2 is 1.31 bits per heavy atom. The van der Waals surface area contributed by atoms with Crippen LogP contribution in [0.25, 0.3) is 49.1 Å². The summed E-state index contributed by atoms with van der Waals surface area (Å²) in [4.78, 5) is 82.4. The zero-order chi connectivity index (χ0) is 41.0. The van der Waals surface area contributed by atoms with Crippen molar-refractivity contribution in [3.8, 4) is 11.3 Å². The summed E-state index contributed by atoms with van der Waals surface area (Å²) in [5, 5.41) is 10.5. The fourth-order valence-electron chi connectivity index (χ4n) is 9.10. The van der Waals surface area contributed by atoms with Gasteiger partial charge >= 0.3 is 12.2 Å². The average molecular weight is 788 g/mol. The second-order valence-electron chi connectivity index (χ2n) is 16.4. The lowest BCUT2D eigenvalue weighted by atomic mass is 9.94. The lowest BCUT2D eigenvalue weighted by molar-refractivity contribution is -0.135. The molecule has 302 valence electrons. The molecule has 3 aliphatic heterocycles. The van der Waals surface area contributed by atoms with E-state index in [1.54, 1.807) is 11.1 Å². The van der Waals surface area contributed by atoms with Crippen LogP contribution in [0.5, 0.6) is 0 Å². The number of aliphatic imine (C=N–C) groups is 1. The van der Waals surface area contributed by atoms with Gasteiger partial charge in [-0.1, -0.05) is 39.8 Å². The van der Waals surface area contributed by atoms with E-state index < -0.39 is 24.3 Å². The number of nitrogens with one attached hydrogen (secondary N) is 3.